The van der Waals surface area contributed by atoms with E-state index < -0.39 is 126 Å². The monoisotopic (exact) mass is 967 g/mol. The number of unbranched alkanes of at least 4 members (excludes halogenated alkanes) is 1. The predicted octanol–water partition coefficient (Wildman–Crippen LogP) is -3.63. The van der Waals surface area contributed by atoms with Crippen LogP contribution in [0.5, 0.6) is 0 Å². The number of hydrogen-bond donors (Lipinski definition) is 13. The molecule has 0 bridgehead atoms. The molecule has 25 heteroatoms. The summed E-state index contributed by atoms with van der Waals surface area (Å²) in [6.07, 6.45) is 0.509. The van der Waals surface area contributed by atoms with Crippen LogP contribution in [0.25, 0.3) is 0 Å². The van der Waals surface area contributed by atoms with Gasteiger partial charge in [-0.2, -0.15) is 0 Å². The van der Waals surface area contributed by atoms with Crippen LogP contribution in [0.3, 0.4) is 0 Å². The van der Waals surface area contributed by atoms with Crippen LogP contribution in [-0.4, -0.2) is 143 Å². The summed E-state index contributed by atoms with van der Waals surface area (Å²) in [5.41, 5.74) is 33.3. The van der Waals surface area contributed by atoms with Crippen molar-refractivity contribution in [2.24, 2.45) is 57.1 Å². The van der Waals surface area contributed by atoms with E-state index >= 15 is 0 Å². The number of carboxylic acids is 1. The Morgan fingerprint density at radius 2 is 1.13 bits per heavy atom. The number of amides is 9. The molecule has 19 N–H and O–H groups in total. The molecule has 8 atom stereocenters. The molecular formula is C43H78N14O11. The molecule has 1 aliphatic rings. The van der Waals surface area contributed by atoms with E-state index in [1.165, 1.54) is 4.90 Å². The van der Waals surface area contributed by atoms with E-state index in [4.69, 9.17) is 34.4 Å². The highest BCUT2D eigenvalue weighted by Crippen LogP contribution is 2.21. The molecule has 0 unspecified atom stereocenters. The van der Waals surface area contributed by atoms with Gasteiger partial charge in [-0.15, -0.1) is 0 Å². The first kappa shape index (κ1) is 59.9. The zero-order valence-electron chi connectivity index (χ0n) is 40.3. The fourth-order valence-electron chi connectivity index (χ4n) is 7.26. The third-order valence-corrected chi connectivity index (χ3v) is 11.2. The van der Waals surface area contributed by atoms with Gasteiger partial charge in [0, 0.05) is 25.9 Å². The van der Waals surface area contributed by atoms with Crippen molar-refractivity contribution in [3.63, 3.8) is 0 Å². The summed E-state index contributed by atoms with van der Waals surface area (Å²) >= 11 is 0. The summed E-state index contributed by atoms with van der Waals surface area (Å²) < 4.78 is 0. The largest absolute Gasteiger partial charge is 0.480 e. The Kier molecular flexibility index (Phi) is 26.7. The Morgan fingerprint density at radius 3 is 1.63 bits per heavy atom. The van der Waals surface area contributed by atoms with Crippen molar-refractivity contribution in [2.75, 3.05) is 19.6 Å². The lowest BCUT2D eigenvalue weighted by atomic mass is 9.98. The molecule has 0 radical (unpaired) electrons. The Labute approximate surface area is 397 Å². The molecule has 0 aliphatic carbocycles. The molecule has 9 amide bonds. The zero-order chi connectivity index (χ0) is 51.8. The van der Waals surface area contributed by atoms with Gasteiger partial charge in [0.25, 0.3) is 0 Å². The minimum absolute atomic E-state index is 0.0383. The first-order chi connectivity index (χ1) is 31.8. The molecule has 1 heterocycles. The van der Waals surface area contributed by atoms with Crippen molar-refractivity contribution < 1.29 is 53.1 Å². The van der Waals surface area contributed by atoms with Gasteiger partial charge in [0.05, 0.1) is 6.04 Å². The van der Waals surface area contributed by atoms with E-state index in [-0.39, 0.29) is 75.8 Å². The third kappa shape index (κ3) is 21.7. The fourth-order valence-corrected chi connectivity index (χ4v) is 7.26. The van der Waals surface area contributed by atoms with Crippen LogP contribution in [0.2, 0.25) is 0 Å². The summed E-state index contributed by atoms with van der Waals surface area (Å²) in [5, 5.41) is 25.1. The second-order valence-corrected chi connectivity index (χ2v) is 18.2. The van der Waals surface area contributed by atoms with E-state index in [0.29, 0.717) is 25.8 Å². The number of nitrogens with two attached hydrogens (primary N) is 6. The smallest absolute Gasteiger partial charge is 0.326 e. The summed E-state index contributed by atoms with van der Waals surface area (Å²) in [6.45, 7) is 10.9. The quantitative estimate of drug-likeness (QED) is 0.0176. The van der Waals surface area contributed by atoms with Crippen LogP contribution in [0.4, 0.5) is 0 Å². The SMILES string of the molecule is CC(C)C[C@H](NC(=O)[C@H](CCC(N)=O)NC(=O)[C@H](CCC(N)=O)NC(=O)[C@@H]1CCCN1C(=O)[C@H](CCCN=C(N)N)NC(=O)[C@@H](N)C(C)C)C(=O)N[C@H](C(=O)N[C@@H](CCCCN)C(=O)O)C(C)C. The van der Waals surface area contributed by atoms with Crippen molar-refractivity contribution >= 4 is 65.1 Å². The number of aliphatic carboxylic acids is 1. The van der Waals surface area contributed by atoms with Gasteiger partial charge < -0.3 is 76.3 Å². The third-order valence-electron chi connectivity index (χ3n) is 11.2. The van der Waals surface area contributed by atoms with Gasteiger partial charge in [-0.05, 0) is 88.5 Å². The van der Waals surface area contributed by atoms with Crippen LogP contribution < -0.4 is 66.3 Å². The van der Waals surface area contributed by atoms with Gasteiger partial charge >= 0.3 is 5.97 Å². The maximum Gasteiger partial charge on any atom is 0.326 e. The average Bonchev–Trinajstić information content (AvgIpc) is 3.75. The molecule has 0 aromatic carbocycles. The van der Waals surface area contributed by atoms with Gasteiger partial charge in [0.15, 0.2) is 5.96 Å². The van der Waals surface area contributed by atoms with E-state index in [2.05, 4.69) is 36.9 Å². The lowest BCUT2D eigenvalue weighted by Gasteiger charge is -2.31. The predicted molar refractivity (Wildman–Crippen MR) is 251 cm³/mol. The number of carboxylic acid groups (broad SMARTS) is 1. The number of rotatable bonds is 32. The highest BCUT2D eigenvalue weighted by Gasteiger charge is 2.40. The molecule has 0 spiro atoms. The van der Waals surface area contributed by atoms with Crippen LogP contribution >= 0.6 is 0 Å². The minimum atomic E-state index is -1.54. The highest BCUT2D eigenvalue weighted by atomic mass is 16.4. The molecule has 1 rings (SSSR count). The van der Waals surface area contributed by atoms with Crippen LogP contribution in [0, 0.1) is 17.8 Å². The molecular weight excluding hydrogens is 889 g/mol. The molecule has 1 saturated heterocycles. The second-order valence-electron chi connectivity index (χ2n) is 18.2. The first-order valence-corrected chi connectivity index (χ1v) is 23.2. The summed E-state index contributed by atoms with van der Waals surface area (Å²) in [5.74, 6) is -9.52. The van der Waals surface area contributed by atoms with Gasteiger partial charge in [0.1, 0.15) is 42.3 Å². The molecule has 386 valence electrons. The number of aliphatic imine (C=N–C) groups is 1. The van der Waals surface area contributed by atoms with Crippen molar-refractivity contribution in [2.45, 2.75) is 167 Å². The molecule has 0 aromatic rings. The number of carbonyl (C=O) groups excluding carboxylic acids is 9. The fraction of sp³-hybridized carbons (Fsp3) is 0.744. The maximum absolute atomic E-state index is 14.0. The van der Waals surface area contributed by atoms with Gasteiger partial charge in [0.2, 0.25) is 53.2 Å². The van der Waals surface area contributed by atoms with E-state index in [9.17, 15) is 53.1 Å². The molecule has 1 fully saturated rings. The van der Waals surface area contributed by atoms with Crippen LogP contribution in [0.15, 0.2) is 4.99 Å². The lowest BCUT2D eigenvalue weighted by molar-refractivity contribution is -0.143. The second kappa shape index (κ2) is 30.3. The normalized spacial score (nSPS) is 16.6. The number of nitrogens with one attached hydrogen (secondary N) is 6. The minimum Gasteiger partial charge on any atom is -0.480 e. The molecule has 68 heavy (non-hydrogen) atoms. The number of primary amides is 2. The maximum atomic E-state index is 14.0. The first-order valence-electron chi connectivity index (χ1n) is 23.2. The lowest BCUT2D eigenvalue weighted by Crippen LogP contribution is -2.60. The number of carbonyl (C=O) groups is 10. The van der Waals surface area contributed by atoms with Crippen LogP contribution in [-0.2, 0) is 47.9 Å². The van der Waals surface area contributed by atoms with Crippen molar-refractivity contribution in [1.29, 1.82) is 0 Å². The van der Waals surface area contributed by atoms with Crippen molar-refractivity contribution in [3.8, 4) is 0 Å². The molecule has 1 aliphatic heterocycles. The van der Waals surface area contributed by atoms with Gasteiger partial charge in [-0.1, -0.05) is 41.5 Å². The Hall–Kier alpha value is -6.11. The topological polar surface area (TPSA) is 435 Å². The number of likely N-dealkylation sites (tertiary alicyclic amines) is 1. The summed E-state index contributed by atoms with van der Waals surface area (Å²) in [4.78, 5) is 137. The van der Waals surface area contributed by atoms with E-state index in [1.807, 2.05) is 0 Å². The number of nitrogens with zero attached hydrogens (tertiary/aromatic N) is 2. The highest BCUT2D eigenvalue weighted by molar-refractivity contribution is 5.98. The zero-order valence-corrected chi connectivity index (χ0v) is 40.3. The number of hydrogen-bond acceptors (Lipinski definition) is 13. The Morgan fingerprint density at radius 1 is 0.618 bits per heavy atom. The molecule has 0 saturated carbocycles. The standard InChI is InChI=1S/C43H78N14O11/c1-22(2)21-29(37(62)56-34(24(5)6)40(65)54-28(42(67)68)11-7-8-18-44)55-36(61)25(14-16-31(45)58)51-35(60)26(15-17-32(46)59)52-38(63)30-13-10-20-57(30)41(66)27(12-9-19-50-43(48)49)53-39(64)33(47)23(3)4/h22-30,33-34H,7-21,44,47H2,1-6H3,(H2,45,58)(H2,46,59)(H,51,60)(H,52,63)(H,53,64)(H,54,65)(H,55,61)(H,56,62)(H,67,68)(H4,48,49,50)/t25-,26-,27-,28-,29-,30-,33-,34-/m0/s1. The Bertz CT molecular complexity index is 1770. The van der Waals surface area contributed by atoms with E-state index in [1.54, 1.807) is 41.5 Å². The van der Waals surface area contributed by atoms with Crippen molar-refractivity contribution in [3.05, 3.63) is 0 Å². The average molecular weight is 967 g/mol. The van der Waals surface area contributed by atoms with Gasteiger partial charge in [-0.3, -0.25) is 48.1 Å². The molecule has 0 aromatic heterocycles. The molecule has 25 nitrogen and oxygen atoms in total. The Balaban J connectivity index is 3.42. The van der Waals surface area contributed by atoms with E-state index in [0.717, 1.165) is 0 Å². The summed E-state index contributed by atoms with van der Waals surface area (Å²) in [6, 6.07) is -10.0. The summed E-state index contributed by atoms with van der Waals surface area (Å²) in [7, 11) is 0. The van der Waals surface area contributed by atoms with Gasteiger partial charge in [-0.25, -0.2) is 4.79 Å². The van der Waals surface area contributed by atoms with Crippen LogP contribution in [0.1, 0.15) is 119 Å². The number of guanidine groups is 1. The van der Waals surface area contributed by atoms with Crippen molar-refractivity contribution in [1.82, 2.24) is 36.8 Å².